The van der Waals surface area contributed by atoms with Crippen molar-refractivity contribution in [2.45, 2.75) is 31.6 Å². The van der Waals surface area contributed by atoms with Gasteiger partial charge in [-0.2, -0.15) is 13.2 Å². The lowest BCUT2D eigenvalue weighted by atomic mass is 9.77. The molecule has 7 nitrogen and oxygen atoms in total. The summed E-state index contributed by atoms with van der Waals surface area (Å²) in [5.74, 6) is -2.31. The average molecular weight is 474 g/mol. The molecular weight excluding hydrogens is 453 g/mol. The largest absolute Gasteiger partial charge is 0.493 e. The van der Waals surface area contributed by atoms with Crippen molar-refractivity contribution in [3.63, 3.8) is 0 Å². The molecule has 5 rings (SSSR count). The highest BCUT2D eigenvalue weighted by molar-refractivity contribution is 6.24. The normalized spacial score (nSPS) is 27.7. The molecule has 2 saturated heterocycles. The van der Waals surface area contributed by atoms with Crippen LogP contribution in [0.3, 0.4) is 0 Å². The number of imide groups is 1. The summed E-state index contributed by atoms with van der Waals surface area (Å²) in [7, 11) is 0. The molecule has 3 heterocycles. The van der Waals surface area contributed by atoms with Crippen molar-refractivity contribution < 1.29 is 37.0 Å². The maximum atomic E-state index is 13.8. The van der Waals surface area contributed by atoms with Gasteiger partial charge in [-0.15, -0.1) is 0 Å². The average Bonchev–Trinajstić information content (AvgIpc) is 3.18. The van der Waals surface area contributed by atoms with Crippen molar-refractivity contribution in [2.75, 3.05) is 18.1 Å². The number of hydrogen-bond donors (Lipinski definition) is 0. The molecule has 0 saturated carbocycles. The topological polar surface area (TPSA) is 76.2 Å². The fourth-order valence-electron chi connectivity index (χ4n) is 5.47. The number of anilines is 1. The molecule has 3 unspecified atom stereocenters. The van der Waals surface area contributed by atoms with E-state index in [0.29, 0.717) is 11.3 Å². The second kappa shape index (κ2) is 7.48. The van der Waals surface area contributed by atoms with E-state index in [1.165, 1.54) is 11.8 Å². The molecule has 0 aliphatic carbocycles. The zero-order valence-corrected chi connectivity index (χ0v) is 18.3. The fraction of sp³-hybridized carbons (Fsp3) is 0.375. The summed E-state index contributed by atoms with van der Waals surface area (Å²) in [5, 5.41) is 0. The summed E-state index contributed by atoms with van der Waals surface area (Å²) in [6, 6.07) is 9.53. The van der Waals surface area contributed by atoms with Gasteiger partial charge in [-0.1, -0.05) is 18.2 Å². The van der Waals surface area contributed by atoms with Crippen LogP contribution in [0.15, 0.2) is 48.5 Å². The first-order valence-corrected chi connectivity index (χ1v) is 10.8. The van der Waals surface area contributed by atoms with E-state index in [1.807, 2.05) is 0 Å². The molecule has 0 spiro atoms. The van der Waals surface area contributed by atoms with Gasteiger partial charge in [0.15, 0.2) is 0 Å². The van der Waals surface area contributed by atoms with E-state index >= 15 is 0 Å². The quantitative estimate of drug-likeness (QED) is 0.493. The minimum absolute atomic E-state index is 0.00173. The van der Waals surface area contributed by atoms with Crippen LogP contribution in [-0.2, 0) is 20.5 Å². The van der Waals surface area contributed by atoms with Gasteiger partial charge in [0.2, 0.25) is 0 Å². The monoisotopic (exact) mass is 474 g/mol. The number of urea groups is 1. The van der Waals surface area contributed by atoms with E-state index in [1.54, 1.807) is 31.2 Å². The van der Waals surface area contributed by atoms with E-state index < -0.39 is 53.1 Å². The molecule has 2 fully saturated rings. The molecule has 0 aromatic heterocycles. The van der Waals surface area contributed by atoms with E-state index in [-0.39, 0.29) is 18.9 Å². The third kappa shape index (κ3) is 2.93. The van der Waals surface area contributed by atoms with Crippen LogP contribution in [0.1, 0.15) is 31.0 Å². The number of esters is 1. The van der Waals surface area contributed by atoms with Crippen molar-refractivity contribution in [3.8, 4) is 5.75 Å². The van der Waals surface area contributed by atoms with E-state index in [9.17, 15) is 27.6 Å². The minimum atomic E-state index is -4.56. The van der Waals surface area contributed by atoms with Gasteiger partial charge >= 0.3 is 18.2 Å². The lowest BCUT2D eigenvalue weighted by Crippen LogP contribution is -2.51. The molecule has 2 aromatic rings. The Kier molecular flexibility index (Phi) is 4.89. The molecule has 34 heavy (non-hydrogen) atoms. The number of benzene rings is 2. The van der Waals surface area contributed by atoms with Gasteiger partial charge in [-0.3, -0.25) is 9.59 Å². The Bertz CT molecular complexity index is 1180. The van der Waals surface area contributed by atoms with Crippen molar-refractivity contribution in [2.24, 2.45) is 11.8 Å². The summed E-state index contributed by atoms with van der Waals surface area (Å²) in [5.41, 5.74) is -1.84. The first-order valence-electron chi connectivity index (χ1n) is 10.8. The molecule has 3 aliphatic heterocycles. The van der Waals surface area contributed by atoms with Gasteiger partial charge in [0.1, 0.15) is 11.3 Å². The molecule has 3 aliphatic rings. The van der Waals surface area contributed by atoms with Gasteiger partial charge < -0.3 is 14.4 Å². The zero-order valence-electron chi connectivity index (χ0n) is 18.3. The third-order valence-electron chi connectivity index (χ3n) is 6.91. The molecule has 10 heteroatoms. The second-order valence-electron chi connectivity index (χ2n) is 8.67. The molecular formula is C24H21F3N2O5. The summed E-state index contributed by atoms with van der Waals surface area (Å²) < 4.78 is 50.2. The van der Waals surface area contributed by atoms with Crippen molar-refractivity contribution >= 4 is 23.6 Å². The third-order valence-corrected chi connectivity index (χ3v) is 6.91. The smallest absolute Gasteiger partial charge is 0.416 e. The number of nitrogens with zero attached hydrogens (tertiary/aromatic N) is 2. The summed E-state index contributed by atoms with van der Waals surface area (Å²) in [6.07, 6.45) is -4.56. The Morgan fingerprint density at radius 2 is 1.82 bits per heavy atom. The summed E-state index contributed by atoms with van der Waals surface area (Å²) in [4.78, 5) is 42.8. The number of para-hydroxylation sites is 1. The van der Waals surface area contributed by atoms with Crippen LogP contribution < -0.4 is 9.64 Å². The lowest BCUT2D eigenvalue weighted by Gasteiger charge is -2.34. The number of alkyl halides is 3. The zero-order chi connectivity index (χ0) is 24.4. The number of ether oxygens (including phenoxy) is 2. The number of carbonyl (C=O) groups is 3. The first kappa shape index (κ1) is 22.2. The van der Waals surface area contributed by atoms with Crippen LogP contribution in [0, 0.1) is 11.8 Å². The van der Waals surface area contributed by atoms with Crippen molar-refractivity contribution in [1.82, 2.24) is 4.90 Å². The Hall–Kier alpha value is -3.56. The highest BCUT2D eigenvalue weighted by Gasteiger charge is 2.72. The summed E-state index contributed by atoms with van der Waals surface area (Å²) in [6.45, 7) is 3.36. The van der Waals surface area contributed by atoms with Gasteiger partial charge in [0, 0.05) is 11.5 Å². The van der Waals surface area contributed by atoms with Gasteiger partial charge in [0.25, 0.3) is 5.91 Å². The van der Waals surface area contributed by atoms with E-state index in [0.717, 1.165) is 29.2 Å². The van der Waals surface area contributed by atoms with Crippen LogP contribution in [0.5, 0.6) is 5.75 Å². The Labute approximate surface area is 193 Å². The highest BCUT2D eigenvalue weighted by atomic mass is 19.4. The number of hydrogen-bond acceptors (Lipinski definition) is 5. The second-order valence-corrected chi connectivity index (χ2v) is 8.67. The van der Waals surface area contributed by atoms with Gasteiger partial charge in [0.05, 0.1) is 36.4 Å². The number of rotatable bonds is 3. The molecule has 0 bridgehead atoms. The number of halogens is 3. The van der Waals surface area contributed by atoms with Crippen LogP contribution in [0.4, 0.5) is 23.7 Å². The van der Waals surface area contributed by atoms with Crippen LogP contribution >= 0.6 is 0 Å². The lowest BCUT2D eigenvalue weighted by molar-refractivity contribution is -0.154. The highest BCUT2D eigenvalue weighted by Crippen LogP contribution is 2.58. The minimum Gasteiger partial charge on any atom is -0.493 e. The molecule has 4 atom stereocenters. The Balaban J connectivity index is 1.63. The fourth-order valence-corrected chi connectivity index (χ4v) is 5.47. The molecule has 0 N–H and O–H groups in total. The number of fused-ring (bicyclic) bond motifs is 5. The Morgan fingerprint density at radius 3 is 2.47 bits per heavy atom. The number of carbonyl (C=O) groups excluding carboxylic acids is 3. The summed E-state index contributed by atoms with van der Waals surface area (Å²) >= 11 is 0. The van der Waals surface area contributed by atoms with Crippen LogP contribution in [0.25, 0.3) is 0 Å². The van der Waals surface area contributed by atoms with Crippen LogP contribution in [-0.4, -0.2) is 41.6 Å². The van der Waals surface area contributed by atoms with Crippen LogP contribution in [0.2, 0.25) is 0 Å². The predicted octanol–water partition coefficient (Wildman–Crippen LogP) is 4.18. The SMILES string of the molecule is CCOC(=O)C1C2COc3ccccc3C2N2C(=O)N(c3ccc(C(F)(F)F)cc3)C(=O)[C@@]12C. The first-order chi connectivity index (χ1) is 16.1. The predicted molar refractivity (Wildman–Crippen MR) is 113 cm³/mol. The van der Waals surface area contributed by atoms with Crippen molar-refractivity contribution in [3.05, 3.63) is 59.7 Å². The van der Waals surface area contributed by atoms with Gasteiger partial charge in [-0.05, 0) is 44.2 Å². The molecule has 3 amide bonds. The van der Waals surface area contributed by atoms with Crippen molar-refractivity contribution in [1.29, 1.82) is 0 Å². The number of amides is 3. The standard InChI is InChI=1S/C24H21F3N2O5/c1-3-33-20(30)18-16-12-34-17-7-5-4-6-15(17)19(16)29-22(32)28(21(31)23(18,29)2)14-10-8-13(9-11-14)24(25,26)27/h4-11,16,18-19H,3,12H2,1-2H3/t16?,18?,19?,23-/m1/s1. The van der Waals surface area contributed by atoms with Gasteiger partial charge in [-0.25, -0.2) is 9.69 Å². The molecule has 2 aromatic carbocycles. The Morgan fingerprint density at radius 1 is 1.15 bits per heavy atom. The molecule has 178 valence electrons. The maximum absolute atomic E-state index is 13.8. The van der Waals surface area contributed by atoms with E-state index in [2.05, 4.69) is 0 Å². The molecule has 0 radical (unpaired) electrons. The van der Waals surface area contributed by atoms with E-state index in [4.69, 9.17) is 9.47 Å². The maximum Gasteiger partial charge on any atom is 0.416 e.